The van der Waals surface area contributed by atoms with Gasteiger partial charge in [0.05, 0.1) is 6.10 Å². The first kappa shape index (κ1) is 13.8. The summed E-state index contributed by atoms with van der Waals surface area (Å²) in [4.78, 5) is 2.31. The zero-order valence-corrected chi connectivity index (χ0v) is 11.6. The second kappa shape index (κ2) is 6.53. The van der Waals surface area contributed by atoms with Crippen LogP contribution in [0.1, 0.15) is 11.1 Å². The summed E-state index contributed by atoms with van der Waals surface area (Å²) in [6, 6.07) is 5.86. The van der Waals surface area contributed by atoms with Crippen molar-refractivity contribution >= 4 is 11.6 Å². The van der Waals surface area contributed by atoms with E-state index in [1.807, 2.05) is 18.2 Å². The van der Waals surface area contributed by atoms with Crippen LogP contribution in [0, 0.1) is 6.92 Å². The molecule has 0 radical (unpaired) electrons. The summed E-state index contributed by atoms with van der Waals surface area (Å²) in [5.41, 5.74) is 2.34. The zero-order chi connectivity index (χ0) is 13.0. The molecule has 1 heterocycles. The van der Waals surface area contributed by atoms with Gasteiger partial charge in [-0.3, -0.25) is 4.90 Å². The minimum Gasteiger partial charge on any atom is -0.391 e. The van der Waals surface area contributed by atoms with Crippen molar-refractivity contribution in [3.05, 3.63) is 34.3 Å². The van der Waals surface area contributed by atoms with E-state index in [9.17, 15) is 5.11 Å². The Morgan fingerprint density at radius 2 is 2.11 bits per heavy atom. The number of hydrogen-bond donors (Lipinski definition) is 2. The molecule has 0 saturated carbocycles. The predicted molar refractivity (Wildman–Crippen MR) is 75.2 cm³/mol. The molecule has 1 aliphatic rings. The number of halogens is 1. The van der Waals surface area contributed by atoms with Crippen LogP contribution in [0.5, 0.6) is 0 Å². The smallest absolute Gasteiger partial charge is 0.0707 e. The number of hydrogen-bond acceptors (Lipinski definition) is 3. The minimum atomic E-state index is -0.319. The molecular formula is C14H21ClN2O. The fourth-order valence-corrected chi connectivity index (χ4v) is 2.56. The van der Waals surface area contributed by atoms with Crippen LogP contribution < -0.4 is 5.32 Å². The van der Waals surface area contributed by atoms with Gasteiger partial charge in [0.25, 0.3) is 0 Å². The molecule has 1 aromatic carbocycles. The van der Waals surface area contributed by atoms with Gasteiger partial charge in [0.15, 0.2) is 0 Å². The Kier molecular flexibility index (Phi) is 5.01. The molecule has 18 heavy (non-hydrogen) atoms. The van der Waals surface area contributed by atoms with Gasteiger partial charge in [0.2, 0.25) is 0 Å². The number of β-amino-alcohol motifs (C(OH)–C–C–N with tert-alkyl or cyclic N) is 1. The van der Waals surface area contributed by atoms with Crippen LogP contribution in [-0.4, -0.2) is 48.8 Å². The Labute approximate surface area is 114 Å². The molecule has 1 atom stereocenters. The summed E-state index contributed by atoms with van der Waals surface area (Å²) in [5, 5.41) is 14.2. The molecule has 4 heteroatoms. The van der Waals surface area contributed by atoms with E-state index in [-0.39, 0.29) is 6.10 Å². The van der Waals surface area contributed by atoms with Crippen LogP contribution in [-0.2, 0) is 6.42 Å². The third-order valence-electron chi connectivity index (χ3n) is 3.45. The molecule has 0 aromatic heterocycles. The number of aliphatic hydroxyl groups is 1. The van der Waals surface area contributed by atoms with E-state index >= 15 is 0 Å². The van der Waals surface area contributed by atoms with Crippen LogP contribution in [0.25, 0.3) is 0 Å². The third kappa shape index (κ3) is 3.95. The van der Waals surface area contributed by atoms with Gasteiger partial charge in [-0.25, -0.2) is 0 Å². The summed E-state index contributed by atoms with van der Waals surface area (Å²) < 4.78 is 0. The standard InChI is InChI=1S/C14H21ClN2O/c1-11-2-3-13(15)8-12(11)9-14(18)10-17-6-4-16-5-7-17/h2-3,8,14,16,18H,4-7,9-10H2,1H3. The maximum Gasteiger partial charge on any atom is 0.0707 e. The van der Waals surface area contributed by atoms with Gasteiger partial charge in [-0.1, -0.05) is 17.7 Å². The lowest BCUT2D eigenvalue weighted by molar-refractivity contribution is 0.105. The quantitative estimate of drug-likeness (QED) is 0.868. The molecule has 0 spiro atoms. The molecule has 2 rings (SSSR count). The van der Waals surface area contributed by atoms with Crippen molar-refractivity contribution in [3.63, 3.8) is 0 Å². The van der Waals surface area contributed by atoms with E-state index in [4.69, 9.17) is 11.6 Å². The van der Waals surface area contributed by atoms with Gasteiger partial charge in [-0.15, -0.1) is 0 Å². The van der Waals surface area contributed by atoms with E-state index in [1.54, 1.807) is 0 Å². The second-order valence-corrected chi connectivity index (χ2v) is 5.42. The van der Waals surface area contributed by atoms with Crippen LogP contribution in [0.2, 0.25) is 5.02 Å². The molecule has 1 unspecified atom stereocenters. The van der Waals surface area contributed by atoms with Crippen molar-refractivity contribution < 1.29 is 5.11 Å². The maximum absolute atomic E-state index is 10.2. The predicted octanol–water partition coefficient (Wildman–Crippen LogP) is 1.46. The molecule has 3 nitrogen and oxygen atoms in total. The number of aryl methyl sites for hydroxylation is 1. The number of nitrogens with one attached hydrogen (secondary N) is 1. The van der Waals surface area contributed by atoms with Crippen LogP contribution >= 0.6 is 11.6 Å². The Morgan fingerprint density at radius 1 is 1.39 bits per heavy atom. The minimum absolute atomic E-state index is 0.319. The molecule has 2 N–H and O–H groups in total. The number of nitrogens with zero attached hydrogens (tertiary/aromatic N) is 1. The van der Waals surface area contributed by atoms with Crippen molar-refractivity contribution in [3.8, 4) is 0 Å². The topological polar surface area (TPSA) is 35.5 Å². The Balaban J connectivity index is 1.89. The molecule has 0 aliphatic carbocycles. The van der Waals surface area contributed by atoms with E-state index in [0.717, 1.165) is 43.3 Å². The summed E-state index contributed by atoms with van der Waals surface area (Å²) in [6.07, 6.45) is 0.358. The highest BCUT2D eigenvalue weighted by Gasteiger charge is 2.15. The molecular weight excluding hydrogens is 248 g/mol. The maximum atomic E-state index is 10.2. The lowest BCUT2D eigenvalue weighted by atomic mass is 10.0. The first-order valence-electron chi connectivity index (χ1n) is 6.51. The van der Waals surface area contributed by atoms with Crippen molar-refractivity contribution in [2.45, 2.75) is 19.4 Å². The highest BCUT2D eigenvalue weighted by Crippen LogP contribution is 2.17. The number of aliphatic hydroxyl groups excluding tert-OH is 1. The SMILES string of the molecule is Cc1ccc(Cl)cc1CC(O)CN1CCNCC1. The Morgan fingerprint density at radius 3 is 2.83 bits per heavy atom. The summed E-state index contributed by atoms with van der Waals surface area (Å²) in [7, 11) is 0. The van der Waals surface area contributed by atoms with E-state index < -0.39 is 0 Å². The fourth-order valence-electron chi connectivity index (χ4n) is 2.37. The molecule has 100 valence electrons. The molecule has 0 bridgehead atoms. The third-order valence-corrected chi connectivity index (χ3v) is 3.68. The van der Waals surface area contributed by atoms with E-state index in [0.29, 0.717) is 6.42 Å². The molecule has 1 saturated heterocycles. The summed E-state index contributed by atoms with van der Waals surface area (Å²) >= 11 is 5.99. The Hall–Kier alpha value is -0.610. The first-order chi connectivity index (χ1) is 8.65. The van der Waals surface area contributed by atoms with Crippen molar-refractivity contribution in [2.24, 2.45) is 0 Å². The highest BCUT2D eigenvalue weighted by molar-refractivity contribution is 6.30. The Bertz CT molecular complexity index is 391. The lowest BCUT2D eigenvalue weighted by Gasteiger charge is -2.29. The van der Waals surface area contributed by atoms with Gasteiger partial charge in [0, 0.05) is 37.7 Å². The van der Waals surface area contributed by atoms with E-state index in [2.05, 4.69) is 17.1 Å². The lowest BCUT2D eigenvalue weighted by Crippen LogP contribution is -2.46. The van der Waals surface area contributed by atoms with Crippen LogP contribution in [0.4, 0.5) is 0 Å². The fraction of sp³-hybridized carbons (Fsp3) is 0.571. The van der Waals surface area contributed by atoms with Crippen molar-refractivity contribution in [1.82, 2.24) is 10.2 Å². The average molecular weight is 269 g/mol. The number of benzene rings is 1. The first-order valence-corrected chi connectivity index (χ1v) is 6.89. The molecule has 1 aromatic rings. The van der Waals surface area contributed by atoms with Crippen LogP contribution in [0.15, 0.2) is 18.2 Å². The number of piperazine rings is 1. The summed E-state index contributed by atoms with van der Waals surface area (Å²) in [5.74, 6) is 0. The zero-order valence-electron chi connectivity index (χ0n) is 10.8. The largest absolute Gasteiger partial charge is 0.391 e. The second-order valence-electron chi connectivity index (χ2n) is 4.98. The number of rotatable bonds is 4. The van der Waals surface area contributed by atoms with Gasteiger partial charge in [-0.05, 0) is 36.6 Å². The summed E-state index contributed by atoms with van der Waals surface area (Å²) in [6.45, 7) is 6.87. The van der Waals surface area contributed by atoms with Gasteiger partial charge in [-0.2, -0.15) is 0 Å². The van der Waals surface area contributed by atoms with E-state index in [1.165, 1.54) is 5.56 Å². The molecule has 1 aliphatic heterocycles. The van der Waals surface area contributed by atoms with Gasteiger partial charge < -0.3 is 10.4 Å². The normalized spacial score (nSPS) is 18.8. The monoisotopic (exact) mass is 268 g/mol. The van der Waals surface area contributed by atoms with Gasteiger partial charge >= 0.3 is 0 Å². The molecule has 1 fully saturated rings. The van der Waals surface area contributed by atoms with Gasteiger partial charge in [0.1, 0.15) is 0 Å². The highest BCUT2D eigenvalue weighted by atomic mass is 35.5. The van der Waals surface area contributed by atoms with Crippen molar-refractivity contribution in [1.29, 1.82) is 0 Å². The van der Waals surface area contributed by atoms with Crippen LogP contribution in [0.3, 0.4) is 0 Å². The molecule has 0 amide bonds. The average Bonchev–Trinajstić information content (AvgIpc) is 2.35. The van der Waals surface area contributed by atoms with Crippen molar-refractivity contribution in [2.75, 3.05) is 32.7 Å².